The largest absolute Gasteiger partial charge is 0.404 e. The summed E-state index contributed by atoms with van der Waals surface area (Å²) < 4.78 is 13.2. The molecule has 0 saturated carbocycles. The van der Waals surface area contributed by atoms with Gasteiger partial charge in [0.15, 0.2) is 0 Å². The topological polar surface area (TPSA) is 70.7 Å². The van der Waals surface area contributed by atoms with Gasteiger partial charge in [-0.15, -0.1) is 0 Å². The minimum atomic E-state index is -0.267. The molecule has 2 aromatic carbocycles. The molecule has 1 radical (unpaired) electrons. The zero-order valence-corrected chi connectivity index (χ0v) is 20.5. The molecule has 2 aromatic rings. The molecule has 8 heteroatoms. The van der Waals surface area contributed by atoms with Crippen LogP contribution >= 0.6 is 13.5 Å². The van der Waals surface area contributed by atoms with Gasteiger partial charge in [0.25, 0.3) is 5.91 Å². The van der Waals surface area contributed by atoms with E-state index in [-0.39, 0.29) is 44.6 Å². The van der Waals surface area contributed by atoms with Crippen LogP contribution in [0.25, 0.3) is 0 Å². The number of nitrogens with zero attached hydrogens (tertiary/aromatic N) is 2. The fourth-order valence-electron chi connectivity index (χ4n) is 3.32. The zero-order valence-electron chi connectivity index (χ0n) is 17.0. The number of likely N-dealkylation sites (N-methyl/N-ethyl adjacent to an activating group) is 1. The number of hydrogen-bond acceptors (Lipinski definition) is 4. The second kappa shape index (κ2) is 12.0. The quantitative estimate of drug-likeness (QED) is 0.293. The molecule has 1 heterocycles. The Kier molecular flexibility index (Phi) is 10.6. The van der Waals surface area contributed by atoms with Crippen molar-refractivity contribution < 1.29 is 9.18 Å². The number of likely N-dealkylation sites (tertiary alicyclic amines) is 1. The minimum Gasteiger partial charge on any atom is -0.404 e. The van der Waals surface area contributed by atoms with Gasteiger partial charge in [-0.05, 0) is 36.9 Å². The number of nitrogens with two attached hydrogens (primary N) is 1. The summed E-state index contributed by atoms with van der Waals surface area (Å²) in [4.78, 5) is 19.0. The van der Waals surface area contributed by atoms with Crippen molar-refractivity contribution in [3.8, 4) is 0 Å². The number of amides is 1. The SMILES string of the molecule is CNC1CN(C(=O)/C(C=Nc2ccccc2)=C/N)CC1c1ccc(F)cc1.S.[CH3-].[Es]. The summed E-state index contributed by atoms with van der Waals surface area (Å²) in [5.41, 5.74) is 7.77. The first kappa shape index (κ1) is 26.4. The third-order valence-electron chi connectivity index (χ3n) is 4.81. The Morgan fingerprint density at radius 2 is 1.80 bits per heavy atom. The number of rotatable bonds is 5. The molecular weight excluding hydrogens is 639 g/mol. The number of halogens is 1. The summed E-state index contributed by atoms with van der Waals surface area (Å²) in [7, 11) is 1.87. The second-order valence-corrected chi connectivity index (χ2v) is 6.48. The van der Waals surface area contributed by atoms with Crippen molar-refractivity contribution in [2.75, 3.05) is 20.1 Å². The molecule has 3 N–H and O–H groups in total. The van der Waals surface area contributed by atoms with E-state index < -0.39 is 0 Å². The van der Waals surface area contributed by atoms with Gasteiger partial charge < -0.3 is 23.4 Å². The standard InChI is InChI=1S/C21H23FN4O.CH3.Es.H2S/c1-24-20-14-26(13-19(20)15-7-9-17(22)10-8-15)21(27)16(11-23)12-25-18-5-3-2-4-6-18;;;/h2-12,19-20,24H,13-14,23H2,1H3;1H3;;1H2/q;-1;;/b16-11+,25-12?;;;. The fourth-order valence-corrected chi connectivity index (χ4v) is 3.32. The predicted molar refractivity (Wildman–Crippen MR) is 122 cm³/mol. The number of aliphatic imine (C=N–C) groups is 1. The van der Waals surface area contributed by atoms with E-state index in [4.69, 9.17) is 5.73 Å². The molecular formula is C22H28EsFN4OS-. The number of hydrogen-bond donors (Lipinski definition) is 2. The van der Waals surface area contributed by atoms with Crippen LogP contribution in [0.4, 0.5) is 10.1 Å². The van der Waals surface area contributed by atoms with Gasteiger partial charge >= 0.3 is 0 Å². The van der Waals surface area contributed by atoms with Crippen LogP contribution in [0.3, 0.4) is 0 Å². The Labute approximate surface area is 179 Å². The van der Waals surface area contributed by atoms with Gasteiger partial charge in [-0.25, -0.2) is 4.39 Å². The van der Waals surface area contributed by atoms with Gasteiger partial charge in [-0.1, -0.05) is 30.3 Å². The van der Waals surface area contributed by atoms with Crippen molar-refractivity contribution in [2.45, 2.75) is 12.0 Å². The number of para-hydroxylation sites is 1. The van der Waals surface area contributed by atoms with E-state index in [1.165, 1.54) is 24.5 Å². The Hall–Kier alpha value is -3.64. The molecule has 3 rings (SSSR count). The summed E-state index contributed by atoms with van der Waals surface area (Å²) in [5.74, 6) is -0.345. The summed E-state index contributed by atoms with van der Waals surface area (Å²) >= 11 is 0. The number of carbonyl (C=O) groups is 1. The van der Waals surface area contributed by atoms with Crippen molar-refractivity contribution in [1.82, 2.24) is 10.2 Å². The van der Waals surface area contributed by atoms with Crippen molar-refractivity contribution in [1.29, 1.82) is 0 Å². The molecule has 0 bridgehead atoms. The van der Waals surface area contributed by atoms with E-state index in [0.717, 1.165) is 11.3 Å². The number of nitrogens with one attached hydrogen (secondary N) is 1. The van der Waals surface area contributed by atoms with Gasteiger partial charge in [0.05, 0.1) is 11.3 Å². The molecule has 1 saturated heterocycles. The van der Waals surface area contributed by atoms with Crippen molar-refractivity contribution in [2.24, 2.45) is 10.7 Å². The average Bonchev–Trinajstić information content (AvgIpc) is 3.14. The maximum atomic E-state index is 13.2. The predicted octanol–water partition coefficient (Wildman–Crippen LogP) is 3.15. The smallest absolute Gasteiger partial charge is 0.256 e. The van der Waals surface area contributed by atoms with Crippen LogP contribution in [0.15, 0.2) is 71.4 Å². The van der Waals surface area contributed by atoms with Crippen LogP contribution in [0.1, 0.15) is 11.5 Å². The summed E-state index contributed by atoms with van der Waals surface area (Å²) in [6.07, 6.45) is 2.78. The third-order valence-corrected chi connectivity index (χ3v) is 4.81. The van der Waals surface area contributed by atoms with Crippen LogP contribution in [0.5, 0.6) is 0 Å². The fraction of sp³-hybridized carbons (Fsp3) is 0.227. The van der Waals surface area contributed by atoms with Crippen molar-refractivity contribution in [3.05, 3.63) is 85.2 Å². The molecule has 5 nitrogen and oxygen atoms in total. The molecule has 30 heavy (non-hydrogen) atoms. The Balaban J connectivity index is 0.00000280. The minimum absolute atomic E-state index is 0. The third kappa shape index (κ3) is 5.93. The molecule has 1 amide bonds. The maximum Gasteiger partial charge on any atom is 0.256 e. The summed E-state index contributed by atoms with van der Waals surface area (Å²) in [6, 6.07) is 15.9. The summed E-state index contributed by atoms with van der Waals surface area (Å²) in [6.45, 7) is 1.08. The van der Waals surface area contributed by atoms with Gasteiger partial charge in [0.2, 0.25) is 0 Å². The van der Waals surface area contributed by atoms with Crippen LogP contribution in [0.2, 0.25) is 0 Å². The van der Waals surface area contributed by atoms with Gasteiger partial charge in [0, 0.05) is 37.5 Å². The van der Waals surface area contributed by atoms with Gasteiger partial charge in [0.1, 0.15) is 5.82 Å². The molecule has 1 aliphatic rings. The molecule has 1 aliphatic heterocycles. The molecule has 2 atom stereocenters. The summed E-state index contributed by atoms with van der Waals surface area (Å²) in [5, 5.41) is 3.25. The van der Waals surface area contributed by atoms with E-state index in [9.17, 15) is 9.18 Å². The van der Waals surface area contributed by atoms with Gasteiger partial charge in [-0.3, -0.25) is 9.79 Å². The van der Waals surface area contributed by atoms with Crippen LogP contribution < -0.4 is 11.1 Å². The van der Waals surface area contributed by atoms with Crippen LogP contribution in [0, 0.1) is 13.2 Å². The van der Waals surface area contributed by atoms with Crippen molar-refractivity contribution >= 4 is 31.3 Å². The molecule has 2 unspecified atom stereocenters. The normalized spacial score (nSPS) is 18.3. The van der Waals surface area contributed by atoms with E-state index in [2.05, 4.69) is 10.3 Å². The molecule has 0 spiro atoms. The Bertz CT molecular complexity index is 846. The van der Waals surface area contributed by atoms with Gasteiger partial charge in [-0.2, -0.15) is 13.5 Å². The van der Waals surface area contributed by atoms with Crippen LogP contribution in [-0.2, 0) is 4.79 Å². The first-order chi connectivity index (χ1) is 13.1. The Morgan fingerprint density at radius 1 is 1.17 bits per heavy atom. The molecule has 0 aliphatic carbocycles. The monoisotopic (exact) mass is 667 g/mol. The molecule has 0 aromatic heterocycles. The van der Waals surface area contributed by atoms with E-state index in [1.54, 1.807) is 17.0 Å². The number of carbonyl (C=O) groups excluding carboxylic acids is 1. The van der Waals surface area contributed by atoms with E-state index >= 15 is 0 Å². The Morgan fingerprint density at radius 3 is 2.37 bits per heavy atom. The van der Waals surface area contributed by atoms with E-state index in [1.807, 2.05) is 37.4 Å². The first-order valence-corrected chi connectivity index (χ1v) is 8.85. The van der Waals surface area contributed by atoms with Crippen molar-refractivity contribution in [3.63, 3.8) is 0 Å². The maximum absolute atomic E-state index is 13.2. The average molecular weight is 668 g/mol. The molecule has 167 valence electrons. The zero-order chi connectivity index (χ0) is 19.2. The second-order valence-electron chi connectivity index (χ2n) is 6.48. The first-order valence-electron chi connectivity index (χ1n) is 8.85. The molecule has 1 fully saturated rings. The van der Waals surface area contributed by atoms with E-state index in [0.29, 0.717) is 18.7 Å². The number of benzene rings is 2. The van der Waals surface area contributed by atoms with Crippen LogP contribution in [-0.4, -0.2) is 43.2 Å².